The van der Waals surface area contributed by atoms with Gasteiger partial charge in [0.05, 0.1) is 22.7 Å². The highest BCUT2D eigenvalue weighted by Gasteiger charge is 2.32. The van der Waals surface area contributed by atoms with Crippen molar-refractivity contribution in [2.45, 2.75) is 18.9 Å². The first kappa shape index (κ1) is 10.3. The fourth-order valence-corrected chi connectivity index (χ4v) is 2.05. The topological polar surface area (TPSA) is 86.2 Å². The van der Waals surface area contributed by atoms with Crippen molar-refractivity contribution >= 4 is 17.0 Å². The SMILES string of the molecule is O=C(O)c1ccnc2cc([C@@H](O)C3CC3)[nH]c12. The van der Waals surface area contributed by atoms with Crippen LogP contribution in [0.25, 0.3) is 11.0 Å². The number of aromatic amines is 1. The largest absolute Gasteiger partial charge is 0.478 e. The van der Waals surface area contributed by atoms with Crippen LogP contribution in [0.1, 0.15) is 35.0 Å². The normalized spacial score (nSPS) is 17.2. The molecule has 0 aliphatic heterocycles. The van der Waals surface area contributed by atoms with E-state index < -0.39 is 12.1 Å². The Hall–Kier alpha value is -1.88. The molecule has 1 atom stereocenters. The molecule has 3 N–H and O–H groups in total. The fourth-order valence-electron chi connectivity index (χ4n) is 2.05. The summed E-state index contributed by atoms with van der Waals surface area (Å²) in [5.41, 5.74) is 1.90. The van der Waals surface area contributed by atoms with Gasteiger partial charge in [-0.3, -0.25) is 4.98 Å². The number of carboxylic acids is 1. The summed E-state index contributed by atoms with van der Waals surface area (Å²) < 4.78 is 0. The molecule has 88 valence electrons. The first-order valence-corrected chi connectivity index (χ1v) is 5.56. The van der Waals surface area contributed by atoms with Crippen LogP contribution in [-0.2, 0) is 0 Å². The summed E-state index contributed by atoms with van der Waals surface area (Å²) in [5.74, 6) is -0.692. The smallest absolute Gasteiger partial charge is 0.337 e. The number of pyridine rings is 1. The maximum Gasteiger partial charge on any atom is 0.337 e. The van der Waals surface area contributed by atoms with Crippen molar-refractivity contribution in [3.8, 4) is 0 Å². The zero-order chi connectivity index (χ0) is 12.0. The molecule has 0 amide bonds. The predicted molar refractivity (Wildman–Crippen MR) is 60.7 cm³/mol. The molecule has 2 aromatic rings. The van der Waals surface area contributed by atoms with Gasteiger partial charge in [-0.25, -0.2) is 4.79 Å². The van der Waals surface area contributed by atoms with Crippen LogP contribution in [0.3, 0.4) is 0 Å². The van der Waals surface area contributed by atoms with E-state index in [0.717, 1.165) is 12.8 Å². The minimum Gasteiger partial charge on any atom is -0.478 e. The molecule has 5 nitrogen and oxygen atoms in total. The summed E-state index contributed by atoms with van der Waals surface area (Å²) in [4.78, 5) is 18.1. The van der Waals surface area contributed by atoms with E-state index in [1.54, 1.807) is 6.07 Å². The molecular weight excluding hydrogens is 220 g/mol. The van der Waals surface area contributed by atoms with Crippen molar-refractivity contribution < 1.29 is 15.0 Å². The third-order valence-electron chi connectivity index (χ3n) is 3.16. The van der Waals surface area contributed by atoms with Crippen LogP contribution >= 0.6 is 0 Å². The second kappa shape index (κ2) is 3.56. The van der Waals surface area contributed by atoms with Crippen LogP contribution in [0.15, 0.2) is 18.3 Å². The van der Waals surface area contributed by atoms with Crippen LogP contribution in [0.4, 0.5) is 0 Å². The number of rotatable bonds is 3. The Kier molecular flexibility index (Phi) is 2.16. The average Bonchev–Trinajstić information content (AvgIpc) is 3.05. The van der Waals surface area contributed by atoms with Gasteiger partial charge in [-0.15, -0.1) is 0 Å². The number of carbonyl (C=O) groups is 1. The van der Waals surface area contributed by atoms with Gasteiger partial charge in [0, 0.05) is 11.9 Å². The third kappa shape index (κ3) is 1.68. The molecule has 17 heavy (non-hydrogen) atoms. The molecule has 2 aromatic heterocycles. The molecule has 0 saturated heterocycles. The molecule has 1 fully saturated rings. The lowest BCUT2D eigenvalue weighted by Crippen LogP contribution is -2.00. The summed E-state index contributed by atoms with van der Waals surface area (Å²) in [6, 6.07) is 3.18. The average molecular weight is 232 g/mol. The van der Waals surface area contributed by atoms with E-state index in [2.05, 4.69) is 9.97 Å². The zero-order valence-corrected chi connectivity index (χ0v) is 9.05. The highest BCUT2D eigenvalue weighted by Crippen LogP contribution is 2.41. The number of aromatic nitrogens is 2. The number of hydrogen-bond acceptors (Lipinski definition) is 3. The van der Waals surface area contributed by atoms with Gasteiger partial charge in [0.2, 0.25) is 0 Å². The molecule has 0 unspecified atom stereocenters. The van der Waals surface area contributed by atoms with Crippen LogP contribution < -0.4 is 0 Å². The maximum atomic E-state index is 11.0. The maximum absolute atomic E-state index is 11.0. The number of aliphatic hydroxyl groups is 1. The standard InChI is InChI=1S/C12H12N2O3/c15-11(6-1-2-6)9-5-8-10(14-9)7(12(16)17)3-4-13-8/h3-6,11,14-15H,1-2H2,(H,16,17)/t11-/m0/s1. The second-order valence-electron chi connectivity index (χ2n) is 4.43. The van der Waals surface area contributed by atoms with E-state index in [4.69, 9.17) is 5.11 Å². The summed E-state index contributed by atoms with van der Waals surface area (Å²) in [5, 5.41) is 19.0. The Morgan fingerprint density at radius 1 is 1.53 bits per heavy atom. The molecule has 0 bridgehead atoms. The number of aromatic carboxylic acids is 1. The van der Waals surface area contributed by atoms with Gasteiger partial charge in [0.15, 0.2) is 0 Å². The highest BCUT2D eigenvalue weighted by atomic mass is 16.4. The molecule has 1 aliphatic carbocycles. The van der Waals surface area contributed by atoms with Crippen LogP contribution in [0, 0.1) is 5.92 Å². The van der Waals surface area contributed by atoms with Crippen molar-refractivity contribution in [3.63, 3.8) is 0 Å². The molecule has 0 radical (unpaired) electrons. The summed E-state index contributed by atoms with van der Waals surface area (Å²) >= 11 is 0. The summed E-state index contributed by atoms with van der Waals surface area (Å²) in [6.07, 6.45) is 2.98. The lowest BCUT2D eigenvalue weighted by Gasteiger charge is -2.05. The van der Waals surface area contributed by atoms with Crippen LogP contribution in [0.2, 0.25) is 0 Å². The Morgan fingerprint density at radius 2 is 2.29 bits per heavy atom. The van der Waals surface area contributed by atoms with Crippen molar-refractivity contribution in [2.75, 3.05) is 0 Å². The van der Waals surface area contributed by atoms with Gasteiger partial charge in [-0.2, -0.15) is 0 Å². The number of H-pyrrole nitrogens is 1. The Balaban J connectivity index is 2.11. The first-order chi connectivity index (χ1) is 8.16. The molecule has 0 aromatic carbocycles. The van der Waals surface area contributed by atoms with Gasteiger partial charge < -0.3 is 15.2 Å². The second-order valence-corrected chi connectivity index (χ2v) is 4.43. The monoisotopic (exact) mass is 232 g/mol. The van der Waals surface area contributed by atoms with Crippen molar-refractivity contribution in [1.82, 2.24) is 9.97 Å². The van der Waals surface area contributed by atoms with E-state index in [1.165, 1.54) is 12.3 Å². The zero-order valence-electron chi connectivity index (χ0n) is 9.05. The lowest BCUT2D eigenvalue weighted by molar-refractivity contribution is 0.0698. The van der Waals surface area contributed by atoms with Gasteiger partial charge in [0.25, 0.3) is 0 Å². The summed E-state index contributed by atoms with van der Waals surface area (Å²) in [7, 11) is 0. The Labute approximate surface area is 97.1 Å². The molecule has 1 saturated carbocycles. The minimum absolute atomic E-state index is 0.184. The quantitative estimate of drug-likeness (QED) is 0.751. The number of carboxylic acid groups (broad SMARTS) is 1. The molecule has 0 spiro atoms. The van der Waals surface area contributed by atoms with Crippen molar-refractivity contribution in [2.24, 2.45) is 5.92 Å². The van der Waals surface area contributed by atoms with Crippen LogP contribution in [-0.4, -0.2) is 26.2 Å². The highest BCUT2D eigenvalue weighted by molar-refractivity contribution is 6.00. The number of aliphatic hydroxyl groups excluding tert-OH is 1. The van der Waals surface area contributed by atoms with Gasteiger partial charge in [-0.1, -0.05) is 0 Å². The van der Waals surface area contributed by atoms with E-state index in [1.807, 2.05) is 0 Å². The van der Waals surface area contributed by atoms with Crippen LogP contribution in [0.5, 0.6) is 0 Å². The van der Waals surface area contributed by atoms with Crippen molar-refractivity contribution in [1.29, 1.82) is 0 Å². The number of nitrogens with one attached hydrogen (secondary N) is 1. The Morgan fingerprint density at radius 3 is 2.94 bits per heavy atom. The van der Waals surface area contributed by atoms with E-state index in [-0.39, 0.29) is 5.56 Å². The Bertz CT molecular complexity index is 586. The number of hydrogen-bond donors (Lipinski definition) is 3. The van der Waals surface area contributed by atoms with Gasteiger partial charge in [0.1, 0.15) is 0 Å². The van der Waals surface area contributed by atoms with Gasteiger partial charge >= 0.3 is 5.97 Å². The number of fused-ring (bicyclic) bond motifs is 1. The lowest BCUT2D eigenvalue weighted by atomic mass is 10.2. The predicted octanol–water partition coefficient (Wildman–Crippen LogP) is 1.70. The van der Waals surface area contributed by atoms with Gasteiger partial charge in [-0.05, 0) is 30.9 Å². The fraction of sp³-hybridized carbons (Fsp3) is 0.333. The van der Waals surface area contributed by atoms with E-state index >= 15 is 0 Å². The number of nitrogens with zero attached hydrogens (tertiary/aromatic N) is 1. The minimum atomic E-state index is -0.994. The molecular formula is C12H12N2O3. The molecule has 5 heteroatoms. The molecule has 2 heterocycles. The summed E-state index contributed by atoms with van der Waals surface area (Å²) in [6.45, 7) is 0. The molecule has 1 aliphatic rings. The van der Waals surface area contributed by atoms with E-state index in [9.17, 15) is 9.90 Å². The van der Waals surface area contributed by atoms with Crippen molar-refractivity contribution in [3.05, 3.63) is 29.6 Å². The van der Waals surface area contributed by atoms with E-state index in [0.29, 0.717) is 22.6 Å². The third-order valence-corrected chi connectivity index (χ3v) is 3.16. The first-order valence-electron chi connectivity index (χ1n) is 5.56. The molecule has 3 rings (SSSR count).